The van der Waals surface area contributed by atoms with Crippen molar-refractivity contribution in [2.24, 2.45) is 5.73 Å². The summed E-state index contributed by atoms with van der Waals surface area (Å²) in [5.41, 5.74) is 8.34. The van der Waals surface area contributed by atoms with Crippen LogP contribution in [-0.2, 0) is 6.54 Å². The molecule has 1 fully saturated rings. The summed E-state index contributed by atoms with van der Waals surface area (Å²) in [6, 6.07) is 13.4. The summed E-state index contributed by atoms with van der Waals surface area (Å²) < 4.78 is 1.88. The van der Waals surface area contributed by atoms with E-state index >= 15 is 0 Å². The number of carbonyl (C=O) groups is 1. The van der Waals surface area contributed by atoms with Gasteiger partial charge in [0.1, 0.15) is 0 Å². The molecule has 1 amide bonds. The molecule has 0 aliphatic carbocycles. The Labute approximate surface area is 146 Å². The highest BCUT2D eigenvalue weighted by molar-refractivity contribution is 5.94. The van der Waals surface area contributed by atoms with Crippen molar-refractivity contribution in [1.82, 2.24) is 19.7 Å². The molecule has 0 saturated carbocycles. The van der Waals surface area contributed by atoms with Crippen molar-refractivity contribution in [2.45, 2.75) is 18.9 Å². The van der Waals surface area contributed by atoms with Crippen LogP contribution in [0.25, 0.3) is 11.0 Å². The summed E-state index contributed by atoms with van der Waals surface area (Å²) in [4.78, 5) is 19.0. The van der Waals surface area contributed by atoms with Gasteiger partial charge in [-0.25, -0.2) is 9.67 Å². The molecule has 3 aromatic rings. The third kappa shape index (κ3) is 2.89. The first kappa shape index (κ1) is 15.8. The number of pyridine rings is 1. The number of hydrogen-bond donors (Lipinski definition) is 1. The van der Waals surface area contributed by atoms with Gasteiger partial charge in [-0.15, -0.1) is 0 Å². The molecule has 0 bridgehead atoms. The number of nitrogens with two attached hydrogens (primary N) is 1. The number of rotatable bonds is 4. The second-order valence-corrected chi connectivity index (χ2v) is 6.37. The number of carbonyl (C=O) groups excluding carboxylic acids is 1. The van der Waals surface area contributed by atoms with Gasteiger partial charge in [0.05, 0.1) is 12.2 Å². The summed E-state index contributed by atoms with van der Waals surface area (Å²) >= 11 is 0. The molecule has 1 atom stereocenters. The minimum Gasteiger partial charge on any atom is -0.338 e. The molecule has 4 rings (SSSR count). The monoisotopic (exact) mass is 335 g/mol. The number of fused-ring (bicyclic) bond motifs is 1. The minimum absolute atomic E-state index is 0.0897. The van der Waals surface area contributed by atoms with Gasteiger partial charge < -0.3 is 10.6 Å². The summed E-state index contributed by atoms with van der Waals surface area (Å²) in [5, 5.41) is 5.83. The standard InChI is InChI=1S/C19H21N5O/c20-9-12-24-18-16(7-4-10-21-18)17(22-24)15-8-11-23(13-15)19(25)14-5-2-1-3-6-14/h1-7,10,15H,8-9,11-13,20H2/t15-/m0/s1. The Morgan fingerprint density at radius 2 is 2.04 bits per heavy atom. The second-order valence-electron chi connectivity index (χ2n) is 6.37. The maximum atomic E-state index is 12.7. The molecule has 6 nitrogen and oxygen atoms in total. The van der Waals surface area contributed by atoms with Crippen LogP contribution in [0.15, 0.2) is 48.7 Å². The fourth-order valence-corrected chi connectivity index (χ4v) is 3.54. The first-order valence-electron chi connectivity index (χ1n) is 8.63. The van der Waals surface area contributed by atoms with Crippen molar-refractivity contribution in [3.63, 3.8) is 0 Å². The summed E-state index contributed by atoms with van der Waals surface area (Å²) in [6.45, 7) is 2.62. The Hall–Kier alpha value is -2.73. The van der Waals surface area contributed by atoms with Gasteiger partial charge >= 0.3 is 0 Å². The van der Waals surface area contributed by atoms with Crippen LogP contribution in [-0.4, -0.2) is 45.2 Å². The predicted octanol–water partition coefficient (Wildman–Crippen LogP) is 2.02. The first-order chi connectivity index (χ1) is 12.3. The van der Waals surface area contributed by atoms with E-state index in [2.05, 4.69) is 11.1 Å². The normalized spacial score (nSPS) is 17.3. The molecule has 25 heavy (non-hydrogen) atoms. The molecule has 2 N–H and O–H groups in total. The molecule has 0 unspecified atom stereocenters. The average molecular weight is 335 g/mol. The third-order valence-electron chi connectivity index (χ3n) is 4.76. The fraction of sp³-hybridized carbons (Fsp3) is 0.316. The van der Waals surface area contributed by atoms with E-state index in [1.807, 2.05) is 46.0 Å². The van der Waals surface area contributed by atoms with Crippen molar-refractivity contribution < 1.29 is 4.79 Å². The average Bonchev–Trinajstić information content (AvgIpc) is 3.28. The predicted molar refractivity (Wildman–Crippen MR) is 96.3 cm³/mol. The molecule has 3 heterocycles. The molecule has 1 aliphatic rings. The highest BCUT2D eigenvalue weighted by Crippen LogP contribution is 2.31. The van der Waals surface area contributed by atoms with Gasteiger partial charge in [-0.05, 0) is 30.7 Å². The Morgan fingerprint density at radius 1 is 1.20 bits per heavy atom. The van der Waals surface area contributed by atoms with Crippen LogP contribution < -0.4 is 5.73 Å². The molecular formula is C19H21N5O. The molecule has 0 spiro atoms. The molecule has 6 heteroatoms. The zero-order chi connectivity index (χ0) is 17.2. The van der Waals surface area contributed by atoms with Gasteiger partial charge in [0, 0.05) is 42.7 Å². The van der Waals surface area contributed by atoms with Gasteiger partial charge in [-0.3, -0.25) is 4.79 Å². The molecule has 0 radical (unpaired) electrons. The molecule has 128 valence electrons. The maximum absolute atomic E-state index is 12.7. The van der Waals surface area contributed by atoms with Gasteiger partial charge in [0.15, 0.2) is 5.65 Å². The lowest BCUT2D eigenvalue weighted by molar-refractivity contribution is 0.0790. The number of nitrogens with zero attached hydrogens (tertiary/aromatic N) is 4. The molecule has 1 saturated heterocycles. The summed E-state index contributed by atoms with van der Waals surface area (Å²) in [6.07, 6.45) is 2.70. The van der Waals surface area contributed by atoms with Crippen LogP contribution in [0.1, 0.15) is 28.4 Å². The van der Waals surface area contributed by atoms with Crippen LogP contribution in [0.5, 0.6) is 0 Å². The highest BCUT2D eigenvalue weighted by atomic mass is 16.2. The van der Waals surface area contributed by atoms with Crippen molar-refractivity contribution >= 4 is 16.9 Å². The topological polar surface area (TPSA) is 77.0 Å². The van der Waals surface area contributed by atoms with Crippen LogP contribution in [0, 0.1) is 0 Å². The largest absolute Gasteiger partial charge is 0.338 e. The van der Waals surface area contributed by atoms with Crippen molar-refractivity contribution in [3.05, 3.63) is 59.9 Å². The lowest BCUT2D eigenvalue weighted by Crippen LogP contribution is -2.28. The van der Waals surface area contributed by atoms with Crippen molar-refractivity contribution in [3.8, 4) is 0 Å². The third-order valence-corrected chi connectivity index (χ3v) is 4.76. The zero-order valence-corrected chi connectivity index (χ0v) is 14.0. The van der Waals surface area contributed by atoms with E-state index in [1.54, 1.807) is 6.20 Å². The number of likely N-dealkylation sites (tertiary alicyclic amines) is 1. The van der Waals surface area contributed by atoms with E-state index < -0.39 is 0 Å². The zero-order valence-electron chi connectivity index (χ0n) is 14.0. The van der Waals surface area contributed by atoms with E-state index in [-0.39, 0.29) is 11.8 Å². The molecular weight excluding hydrogens is 314 g/mol. The Bertz CT molecular complexity index is 889. The van der Waals surface area contributed by atoms with Crippen molar-refractivity contribution in [1.29, 1.82) is 0 Å². The van der Waals surface area contributed by atoms with E-state index in [1.165, 1.54) is 0 Å². The Morgan fingerprint density at radius 3 is 2.84 bits per heavy atom. The summed E-state index contributed by atoms with van der Waals surface area (Å²) in [7, 11) is 0. The first-order valence-corrected chi connectivity index (χ1v) is 8.63. The van der Waals surface area contributed by atoms with Crippen LogP contribution in [0.3, 0.4) is 0 Å². The lowest BCUT2D eigenvalue weighted by atomic mass is 10.0. The molecule has 1 aromatic carbocycles. The SMILES string of the molecule is NCCn1nc([C@H]2CCN(C(=O)c3ccccc3)C2)c2cccnc21. The minimum atomic E-state index is 0.0897. The number of hydrogen-bond acceptors (Lipinski definition) is 4. The van der Waals surface area contributed by atoms with Gasteiger partial charge in [0.2, 0.25) is 0 Å². The molecule has 1 aliphatic heterocycles. The number of amides is 1. The summed E-state index contributed by atoms with van der Waals surface area (Å²) in [5.74, 6) is 0.324. The van der Waals surface area contributed by atoms with Crippen LogP contribution in [0.4, 0.5) is 0 Å². The number of benzene rings is 1. The van der Waals surface area contributed by atoms with Crippen LogP contribution in [0.2, 0.25) is 0 Å². The Balaban J connectivity index is 1.60. The highest BCUT2D eigenvalue weighted by Gasteiger charge is 2.31. The van der Waals surface area contributed by atoms with Crippen molar-refractivity contribution in [2.75, 3.05) is 19.6 Å². The fourth-order valence-electron chi connectivity index (χ4n) is 3.54. The quantitative estimate of drug-likeness (QED) is 0.791. The second kappa shape index (κ2) is 6.64. The van der Waals surface area contributed by atoms with Gasteiger partial charge in [-0.1, -0.05) is 18.2 Å². The molecule has 2 aromatic heterocycles. The van der Waals surface area contributed by atoms with Crippen LogP contribution >= 0.6 is 0 Å². The van der Waals surface area contributed by atoms with E-state index in [9.17, 15) is 4.79 Å². The van der Waals surface area contributed by atoms with E-state index in [4.69, 9.17) is 10.8 Å². The van der Waals surface area contributed by atoms with E-state index in [0.29, 0.717) is 19.6 Å². The van der Waals surface area contributed by atoms with Gasteiger partial charge in [0.25, 0.3) is 5.91 Å². The van der Waals surface area contributed by atoms with Gasteiger partial charge in [-0.2, -0.15) is 5.10 Å². The van der Waals surface area contributed by atoms with E-state index in [0.717, 1.165) is 35.3 Å². The number of aromatic nitrogens is 3. The smallest absolute Gasteiger partial charge is 0.253 e. The maximum Gasteiger partial charge on any atom is 0.253 e. The lowest BCUT2D eigenvalue weighted by Gasteiger charge is -2.16. The Kier molecular flexibility index (Phi) is 4.19.